The van der Waals surface area contributed by atoms with Crippen LogP contribution in [0.15, 0.2) is 23.4 Å². The molecule has 2 atom stereocenters. The van der Waals surface area contributed by atoms with Gasteiger partial charge in [-0.15, -0.1) is 0 Å². The summed E-state index contributed by atoms with van der Waals surface area (Å²) < 4.78 is 27.3. The Morgan fingerprint density at radius 3 is 2.86 bits per heavy atom. The molecule has 1 aromatic heterocycles. The summed E-state index contributed by atoms with van der Waals surface area (Å²) in [6, 6.07) is 1.58. The summed E-state index contributed by atoms with van der Waals surface area (Å²) in [7, 11) is -3.56. The van der Waals surface area contributed by atoms with E-state index in [2.05, 4.69) is 16.8 Å². The monoisotopic (exact) mass is 308 g/mol. The van der Waals surface area contributed by atoms with Crippen LogP contribution in [0.2, 0.25) is 0 Å². The van der Waals surface area contributed by atoms with Crippen LogP contribution in [0.5, 0.6) is 0 Å². The van der Waals surface area contributed by atoms with Crippen molar-refractivity contribution in [1.29, 1.82) is 0 Å². The number of aliphatic hydroxyl groups excluding tert-OH is 1. The highest BCUT2D eigenvalue weighted by Crippen LogP contribution is 2.32. The smallest absolute Gasteiger partial charge is 0.245 e. The van der Waals surface area contributed by atoms with Crippen molar-refractivity contribution in [3.05, 3.63) is 24.0 Å². The van der Waals surface area contributed by atoms with Crippen LogP contribution in [0.4, 0.5) is 0 Å². The molecule has 1 aliphatic heterocycles. The molecule has 0 radical (unpaired) electrons. The molecule has 114 valence electrons. The SMILES string of the molecule is CCC1CCC(C)N1S(=O)(=O)c1cncc(C#CCO)c1. The number of nitrogens with zero attached hydrogens (tertiary/aromatic N) is 2. The van der Waals surface area contributed by atoms with E-state index < -0.39 is 10.0 Å². The van der Waals surface area contributed by atoms with Gasteiger partial charge < -0.3 is 5.11 Å². The summed E-state index contributed by atoms with van der Waals surface area (Å²) in [5, 5.41) is 8.71. The molecule has 2 rings (SSSR count). The van der Waals surface area contributed by atoms with Crippen molar-refractivity contribution < 1.29 is 13.5 Å². The molecule has 2 heterocycles. The Balaban J connectivity index is 2.39. The minimum atomic E-state index is -3.56. The molecule has 1 aromatic rings. The summed E-state index contributed by atoms with van der Waals surface area (Å²) in [5.74, 6) is 5.19. The van der Waals surface area contributed by atoms with Crippen molar-refractivity contribution in [3.8, 4) is 11.8 Å². The number of aliphatic hydroxyl groups is 1. The number of hydrogen-bond acceptors (Lipinski definition) is 4. The van der Waals surface area contributed by atoms with Crippen molar-refractivity contribution in [1.82, 2.24) is 9.29 Å². The molecule has 1 N–H and O–H groups in total. The molecule has 1 fully saturated rings. The van der Waals surface area contributed by atoms with Crippen LogP contribution in [0.1, 0.15) is 38.7 Å². The van der Waals surface area contributed by atoms with Gasteiger partial charge >= 0.3 is 0 Å². The van der Waals surface area contributed by atoms with Gasteiger partial charge in [-0.3, -0.25) is 4.98 Å². The summed E-state index contributed by atoms with van der Waals surface area (Å²) in [5.41, 5.74) is 0.491. The molecule has 6 heteroatoms. The van der Waals surface area contributed by atoms with Crippen LogP contribution in [-0.2, 0) is 10.0 Å². The van der Waals surface area contributed by atoms with Crippen molar-refractivity contribution in [2.45, 2.75) is 50.1 Å². The molecular formula is C15H20N2O3S. The van der Waals surface area contributed by atoms with Gasteiger partial charge in [-0.05, 0) is 32.3 Å². The second-order valence-electron chi connectivity index (χ2n) is 5.19. The number of aromatic nitrogens is 1. The zero-order valence-corrected chi connectivity index (χ0v) is 13.1. The Bertz CT molecular complexity index is 661. The van der Waals surface area contributed by atoms with Crippen molar-refractivity contribution in [3.63, 3.8) is 0 Å². The summed E-state index contributed by atoms with van der Waals surface area (Å²) in [4.78, 5) is 4.13. The predicted octanol–water partition coefficient (Wildman–Crippen LogP) is 1.38. The van der Waals surface area contributed by atoms with Gasteiger partial charge in [-0.1, -0.05) is 18.8 Å². The van der Waals surface area contributed by atoms with Gasteiger partial charge in [0.15, 0.2) is 0 Å². The third kappa shape index (κ3) is 3.26. The van der Waals surface area contributed by atoms with E-state index in [9.17, 15) is 8.42 Å². The van der Waals surface area contributed by atoms with E-state index in [1.54, 1.807) is 4.31 Å². The van der Waals surface area contributed by atoms with Gasteiger partial charge in [-0.2, -0.15) is 4.31 Å². The normalized spacial score (nSPS) is 22.8. The van der Waals surface area contributed by atoms with Crippen LogP contribution >= 0.6 is 0 Å². The van der Waals surface area contributed by atoms with E-state index in [-0.39, 0.29) is 23.6 Å². The number of pyridine rings is 1. The second-order valence-corrected chi connectivity index (χ2v) is 7.04. The molecule has 21 heavy (non-hydrogen) atoms. The van der Waals surface area contributed by atoms with E-state index in [0.717, 1.165) is 19.3 Å². The topological polar surface area (TPSA) is 70.5 Å². The molecule has 2 unspecified atom stereocenters. The van der Waals surface area contributed by atoms with Gasteiger partial charge in [-0.25, -0.2) is 8.42 Å². The molecule has 0 bridgehead atoms. The van der Waals surface area contributed by atoms with E-state index in [1.807, 2.05) is 13.8 Å². The van der Waals surface area contributed by atoms with Crippen LogP contribution < -0.4 is 0 Å². The lowest BCUT2D eigenvalue weighted by Crippen LogP contribution is -2.39. The average Bonchev–Trinajstić information content (AvgIpc) is 2.87. The van der Waals surface area contributed by atoms with Gasteiger partial charge in [0, 0.05) is 30.0 Å². The lowest BCUT2D eigenvalue weighted by atomic mass is 10.2. The predicted molar refractivity (Wildman–Crippen MR) is 80.0 cm³/mol. The molecule has 1 aliphatic rings. The number of sulfonamides is 1. The molecule has 0 amide bonds. The van der Waals surface area contributed by atoms with E-state index in [4.69, 9.17) is 5.11 Å². The molecule has 0 aliphatic carbocycles. The Morgan fingerprint density at radius 1 is 1.43 bits per heavy atom. The molecule has 0 spiro atoms. The fraction of sp³-hybridized carbons (Fsp3) is 0.533. The number of hydrogen-bond donors (Lipinski definition) is 1. The summed E-state index contributed by atoms with van der Waals surface area (Å²) in [6.45, 7) is 3.68. The Kier molecular flexibility index (Phi) is 4.99. The van der Waals surface area contributed by atoms with Crippen molar-refractivity contribution in [2.24, 2.45) is 0 Å². The first kappa shape index (κ1) is 16.0. The largest absolute Gasteiger partial charge is 0.384 e. The Hall–Kier alpha value is -1.42. The standard InChI is InChI=1S/C15H20N2O3S/c1-3-14-7-6-12(2)17(14)21(19,20)15-9-13(5-4-8-18)10-16-11-15/h9-12,14,18H,3,6-8H2,1-2H3. The summed E-state index contributed by atoms with van der Waals surface area (Å²) >= 11 is 0. The quantitative estimate of drug-likeness (QED) is 0.856. The lowest BCUT2D eigenvalue weighted by Gasteiger charge is -2.26. The zero-order chi connectivity index (χ0) is 15.5. The van der Waals surface area contributed by atoms with E-state index >= 15 is 0 Å². The average molecular weight is 308 g/mol. The maximum absolute atomic E-state index is 12.8. The minimum absolute atomic E-state index is 0.00660. The first-order valence-corrected chi connectivity index (χ1v) is 8.53. The lowest BCUT2D eigenvalue weighted by molar-refractivity contribution is 0.328. The van der Waals surface area contributed by atoms with Crippen LogP contribution in [0, 0.1) is 11.8 Å². The highest BCUT2D eigenvalue weighted by Gasteiger charge is 2.39. The van der Waals surface area contributed by atoms with Gasteiger partial charge in [0.2, 0.25) is 10.0 Å². The van der Waals surface area contributed by atoms with Crippen LogP contribution in [0.3, 0.4) is 0 Å². The Labute approximate surface area is 126 Å². The van der Waals surface area contributed by atoms with Gasteiger partial charge in [0.05, 0.1) is 0 Å². The number of rotatable bonds is 3. The van der Waals surface area contributed by atoms with Crippen molar-refractivity contribution in [2.75, 3.05) is 6.61 Å². The third-order valence-electron chi connectivity index (χ3n) is 3.78. The summed E-state index contributed by atoms with van der Waals surface area (Å²) in [6.07, 6.45) is 5.44. The molecule has 1 saturated heterocycles. The maximum Gasteiger partial charge on any atom is 0.245 e. The molecule has 0 aromatic carbocycles. The first-order chi connectivity index (χ1) is 10.0. The molecule has 0 saturated carbocycles. The van der Waals surface area contributed by atoms with Gasteiger partial charge in [0.25, 0.3) is 0 Å². The van der Waals surface area contributed by atoms with E-state index in [1.165, 1.54) is 18.5 Å². The highest BCUT2D eigenvalue weighted by molar-refractivity contribution is 7.89. The highest BCUT2D eigenvalue weighted by atomic mass is 32.2. The van der Waals surface area contributed by atoms with Crippen LogP contribution in [0.25, 0.3) is 0 Å². The zero-order valence-electron chi connectivity index (χ0n) is 12.3. The van der Waals surface area contributed by atoms with Crippen molar-refractivity contribution >= 4 is 10.0 Å². The minimum Gasteiger partial charge on any atom is -0.384 e. The fourth-order valence-corrected chi connectivity index (χ4v) is 4.70. The Morgan fingerprint density at radius 2 is 2.19 bits per heavy atom. The maximum atomic E-state index is 12.8. The molecule has 5 nitrogen and oxygen atoms in total. The van der Waals surface area contributed by atoms with E-state index in [0.29, 0.717) is 5.56 Å². The van der Waals surface area contributed by atoms with Gasteiger partial charge in [0.1, 0.15) is 11.5 Å². The van der Waals surface area contributed by atoms with Crippen LogP contribution in [-0.4, -0.2) is 41.5 Å². The fourth-order valence-electron chi connectivity index (χ4n) is 2.76. The molecular weight excluding hydrogens is 288 g/mol. The third-order valence-corrected chi connectivity index (χ3v) is 5.82. The first-order valence-electron chi connectivity index (χ1n) is 7.09. The second kappa shape index (κ2) is 6.56.